The van der Waals surface area contributed by atoms with Gasteiger partial charge in [-0.2, -0.15) is 0 Å². The fourth-order valence-electron chi connectivity index (χ4n) is 1.10. The van der Waals surface area contributed by atoms with Gasteiger partial charge in [0.2, 0.25) is 5.96 Å². The van der Waals surface area contributed by atoms with E-state index >= 15 is 0 Å². The first-order valence-electron chi connectivity index (χ1n) is 4.89. The molecule has 1 radical (unpaired) electrons. The fraction of sp³-hybridized carbons (Fsp3) is 0.111. The molecule has 107 valence electrons. The predicted octanol–water partition coefficient (Wildman–Crippen LogP) is -1.71. The summed E-state index contributed by atoms with van der Waals surface area (Å²) in [6.07, 6.45) is 0. The van der Waals surface area contributed by atoms with Crippen LogP contribution in [0.3, 0.4) is 0 Å². The molecule has 0 aliphatic rings. The molecule has 9 nitrogen and oxygen atoms in total. The van der Waals surface area contributed by atoms with Crippen LogP contribution in [-0.4, -0.2) is 56.7 Å². The molecule has 0 heterocycles. The van der Waals surface area contributed by atoms with Crippen molar-refractivity contribution in [2.75, 3.05) is 0 Å². The van der Waals surface area contributed by atoms with Crippen LogP contribution < -0.4 is 16.8 Å². The minimum atomic E-state index is -4.57. The number of nitrogens with one attached hydrogen (secondary N) is 1. The molecule has 0 bridgehead atoms. The molecule has 9 N–H and O–H groups in total. The summed E-state index contributed by atoms with van der Waals surface area (Å²) in [5.74, 6) is -0.564. The first kappa shape index (κ1) is 21.4. The van der Waals surface area contributed by atoms with Crippen LogP contribution in [0.2, 0.25) is 0 Å². The summed E-state index contributed by atoms with van der Waals surface area (Å²) in [6.45, 7) is 0.322. The first-order valence-corrected chi connectivity index (χ1v) is 6.45. The summed E-state index contributed by atoms with van der Waals surface area (Å²) < 4.78 is 13.4. The monoisotopic (exact) mass is 312 g/mol. The topological polar surface area (TPSA) is 178 Å². The Hall–Kier alpha value is -0.930. The van der Waals surface area contributed by atoms with E-state index < -0.39 is 13.7 Å². The summed E-state index contributed by atoms with van der Waals surface area (Å²) in [7, 11) is -4.57. The van der Waals surface area contributed by atoms with Crippen molar-refractivity contribution in [3.63, 3.8) is 0 Å². The van der Waals surface area contributed by atoms with Crippen molar-refractivity contribution in [3.05, 3.63) is 35.9 Å². The number of benzene rings is 1. The Morgan fingerprint density at radius 1 is 1.20 bits per heavy atom. The van der Waals surface area contributed by atoms with Crippen LogP contribution in [0, 0.1) is 0 Å². The van der Waals surface area contributed by atoms with Crippen molar-refractivity contribution in [1.82, 2.24) is 5.32 Å². The third-order valence-corrected chi connectivity index (χ3v) is 2.24. The zero-order valence-electron chi connectivity index (χ0n) is 10.9. The van der Waals surface area contributed by atoms with Crippen LogP contribution in [-0.2, 0) is 11.1 Å². The van der Waals surface area contributed by atoms with E-state index in [2.05, 4.69) is 15.1 Å². The molecule has 0 aliphatic carbocycles. The molecule has 0 saturated heterocycles. The number of guanidine groups is 2. The molecule has 0 unspecified atom stereocenters. The van der Waals surface area contributed by atoms with Crippen LogP contribution >= 0.6 is 7.75 Å². The summed E-state index contributed by atoms with van der Waals surface area (Å²) in [4.78, 5) is 21.0. The molecule has 0 saturated carbocycles. The largest absolute Gasteiger partial charge is 0.451 e. The first-order chi connectivity index (χ1) is 8.37. The maximum atomic E-state index is 10.5. The van der Waals surface area contributed by atoms with Gasteiger partial charge in [-0.1, -0.05) is 30.3 Å². The SMILES string of the molecule is NC(=NCc1ccccc1)N/C(N)=N/P(=O)(O)O.O.[Na]. The van der Waals surface area contributed by atoms with Crippen LogP contribution in [0.15, 0.2) is 40.1 Å². The van der Waals surface area contributed by atoms with Crippen molar-refractivity contribution >= 4 is 49.2 Å². The Balaban J connectivity index is 0. The number of aliphatic imine (C=N–C) groups is 1. The van der Waals surface area contributed by atoms with Gasteiger partial charge in [-0.05, 0) is 5.56 Å². The minimum absolute atomic E-state index is 0. The molecule has 0 aliphatic heterocycles. The number of hydrogen-bond donors (Lipinski definition) is 5. The maximum Gasteiger partial charge on any atom is 0.451 e. The summed E-state index contributed by atoms with van der Waals surface area (Å²) in [5.41, 5.74) is 11.6. The third kappa shape index (κ3) is 9.93. The van der Waals surface area contributed by atoms with Gasteiger partial charge in [0.1, 0.15) is 0 Å². The molecular formula is C9H16N5NaO4P. The molecule has 0 aromatic heterocycles. The number of nitrogens with zero attached hydrogens (tertiary/aromatic N) is 2. The van der Waals surface area contributed by atoms with Gasteiger partial charge >= 0.3 is 7.75 Å². The Morgan fingerprint density at radius 3 is 2.25 bits per heavy atom. The van der Waals surface area contributed by atoms with Crippen LogP contribution in [0.5, 0.6) is 0 Å². The molecule has 0 spiro atoms. The minimum Gasteiger partial charge on any atom is -0.412 e. The van der Waals surface area contributed by atoms with Gasteiger partial charge in [-0.15, -0.1) is 4.76 Å². The van der Waals surface area contributed by atoms with E-state index in [0.29, 0.717) is 6.54 Å². The number of hydrogen-bond acceptors (Lipinski definition) is 2. The summed E-state index contributed by atoms with van der Waals surface area (Å²) in [6, 6.07) is 9.32. The van der Waals surface area contributed by atoms with Gasteiger partial charge in [0, 0.05) is 29.6 Å². The van der Waals surface area contributed by atoms with Crippen LogP contribution in [0.1, 0.15) is 5.56 Å². The summed E-state index contributed by atoms with van der Waals surface area (Å²) in [5, 5.41) is 2.27. The van der Waals surface area contributed by atoms with Gasteiger partial charge in [-0.25, -0.2) is 9.56 Å². The standard InChI is InChI=1S/C9H14N5O3P.Na.H2O/c10-8(13-9(11)14-18(15,16)17)12-6-7-4-2-1-3-5-7;;/h1-5H,6H2,(H7,10,11,12,13,14,15,16,17);;1H2. The molecule has 0 fully saturated rings. The van der Waals surface area contributed by atoms with E-state index in [0.717, 1.165) is 5.56 Å². The van der Waals surface area contributed by atoms with E-state index in [1.54, 1.807) is 0 Å². The number of nitrogens with two attached hydrogens (primary N) is 2. The van der Waals surface area contributed by atoms with E-state index in [1.165, 1.54) is 0 Å². The molecule has 1 rings (SSSR count). The van der Waals surface area contributed by atoms with E-state index in [4.69, 9.17) is 21.3 Å². The molecular weight excluding hydrogens is 296 g/mol. The second kappa shape index (κ2) is 9.89. The van der Waals surface area contributed by atoms with Gasteiger partial charge in [0.15, 0.2) is 5.96 Å². The second-order valence-electron chi connectivity index (χ2n) is 3.31. The zero-order chi connectivity index (χ0) is 13.6. The van der Waals surface area contributed by atoms with Crippen LogP contribution in [0.4, 0.5) is 0 Å². The average Bonchev–Trinajstić information content (AvgIpc) is 2.25. The van der Waals surface area contributed by atoms with Crippen molar-refractivity contribution in [1.29, 1.82) is 0 Å². The van der Waals surface area contributed by atoms with Gasteiger partial charge in [-0.3, -0.25) is 5.32 Å². The Labute approximate surface area is 138 Å². The van der Waals surface area contributed by atoms with Crippen molar-refractivity contribution in [2.45, 2.75) is 6.54 Å². The molecule has 0 amide bonds. The van der Waals surface area contributed by atoms with Gasteiger partial charge < -0.3 is 26.7 Å². The van der Waals surface area contributed by atoms with Crippen molar-refractivity contribution in [3.8, 4) is 0 Å². The maximum absolute atomic E-state index is 10.5. The third-order valence-electron chi connectivity index (χ3n) is 1.77. The van der Waals surface area contributed by atoms with E-state index in [9.17, 15) is 4.57 Å². The molecule has 11 heteroatoms. The Morgan fingerprint density at radius 2 is 1.75 bits per heavy atom. The Bertz CT molecular complexity index is 504. The van der Waals surface area contributed by atoms with E-state index in [1.807, 2.05) is 30.3 Å². The fourth-order valence-corrected chi connectivity index (χ4v) is 1.43. The van der Waals surface area contributed by atoms with E-state index in [-0.39, 0.29) is 41.0 Å². The van der Waals surface area contributed by atoms with Crippen molar-refractivity contribution < 1.29 is 19.8 Å². The quantitative estimate of drug-likeness (QED) is 0.192. The van der Waals surface area contributed by atoms with Gasteiger partial charge in [0.25, 0.3) is 0 Å². The van der Waals surface area contributed by atoms with Crippen LogP contribution in [0.25, 0.3) is 0 Å². The molecule has 0 atom stereocenters. The predicted molar refractivity (Wildman–Crippen MR) is 77.9 cm³/mol. The molecule has 1 aromatic rings. The van der Waals surface area contributed by atoms with Crippen molar-refractivity contribution in [2.24, 2.45) is 21.2 Å². The zero-order valence-corrected chi connectivity index (χ0v) is 13.8. The molecule has 20 heavy (non-hydrogen) atoms. The molecule has 1 aromatic carbocycles. The Kier molecular flexibility index (Phi) is 10.6. The number of rotatable bonds is 3. The second-order valence-corrected chi connectivity index (χ2v) is 4.54. The normalized spacial score (nSPS) is 12.1. The average molecular weight is 312 g/mol. The summed E-state index contributed by atoms with van der Waals surface area (Å²) >= 11 is 0. The van der Waals surface area contributed by atoms with Gasteiger partial charge in [0.05, 0.1) is 6.54 Å². The smallest absolute Gasteiger partial charge is 0.412 e.